The van der Waals surface area contributed by atoms with Gasteiger partial charge in [-0.2, -0.15) is 0 Å². The van der Waals surface area contributed by atoms with Gasteiger partial charge in [-0.25, -0.2) is 24.3 Å². The van der Waals surface area contributed by atoms with Crippen molar-refractivity contribution in [1.29, 1.82) is 0 Å². The number of nitrogens with one attached hydrogen (secondary N) is 1. The van der Waals surface area contributed by atoms with Gasteiger partial charge >= 0.3 is 5.97 Å². The molecule has 11 heteroatoms. The number of piperidine rings is 1. The molecule has 4 rings (SSSR count). The molecule has 9 nitrogen and oxygen atoms in total. The molecule has 3 aromatic rings. The Hall–Kier alpha value is -3.11. The first-order valence-electron chi connectivity index (χ1n) is 10.3. The molecule has 1 aliphatic heterocycles. The number of aliphatic carboxylic acids is 1. The monoisotopic (exact) mass is 459 g/mol. The zero-order chi connectivity index (χ0) is 22.7. The van der Waals surface area contributed by atoms with Crippen LogP contribution in [0.4, 0.5) is 21.8 Å². The number of hydrogen-bond acceptors (Lipinski definition) is 8. The van der Waals surface area contributed by atoms with E-state index in [-0.39, 0.29) is 11.4 Å². The molecule has 0 amide bonds. The Labute approximate surface area is 189 Å². The van der Waals surface area contributed by atoms with E-state index in [4.69, 9.17) is 21.7 Å². The predicted octanol–water partition coefficient (Wildman–Crippen LogP) is 3.33. The molecule has 1 fully saturated rings. The first-order valence-corrected chi connectivity index (χ1v) is 10.7. The molecule has 0 aliphatic carbocycles. The Balaban J connectivity index is 1.49. The molecule has 1 aliphatic rings. The minimum absolute atomic E-state index is 0.0138. The first-order chi connectivity index (χ1) is 15.4. The van der Waals surface area contributed by atoms with Gasteiger partial charge in [0.15, 0.2) is 5.82 Å². The largest absolute Gasteiger partial charge is 0.481 e. The number of carboxylic acid groups (broad SMARTS) is 1. The van der Waals surface area contributed by atoms with Crippen molar-refractivity contribution < 1.29 is 14.3 Å². The van der Waals surface area contributed by atoms with Crippen LogP contribution in [0.15, 0.2) is 30.7 Å². The van der Waals surface area contributed by atoms with Gasteiger partial charge in [-0.15, -0.1) is 0 Å². The van der Waals surface area contributed by atoms with Crippen molar-refractivity contribution in [1.82, 2.24) is 24.8 Å². The summed E-state index contributed by atoms with van der Waals surface area (Å²) in [5.74, 6) is -0.219. The number of carboxylic acids is 1. The van der Waals surface area contributed by atoms with Crippen LogP contribution in [-0.2, 0) is 4.79 Å². The Morgan fingerprint density at radius 2 is 2.09 bits per heavy atom. The van der Waals surface area contributed by atoms with Crippen LogP contribution in [0.2, 0.25) is 5.02 Å². The van der Waals surface area contributed by atoms with Gasteiger partial charge in [0.25, 0.3) is 0 Å². The van der Waals surface area contributed by atoms with Gasteiger partial charge in [-0.3, -0.25) is 4.79 Å². The highest BCUT2D eigenvalue weighted by molar-refractivity contribution is 6.31. The number of hydrogen-bond donors (Lipinski definition) is 2. The summed E-state index contributed by atoms with van der Waals surface area (Å²) in [6.45, 7) is 2.06. The van der Waals surface area contributed by atoms with E-state index in [9.17, 15) is 9.18 Å². The summed E-state index contributed by atoms with van der Waals surface area (Å²) in [7, 11) is 1.97. The highest BCUT2D eigenvalue weighted by Crippen LogP contribution is 2.26. The predicted molar refractivity (Wildman–Crippen MR) is 120 cm³/mol. The average molecular weight is 460 g/mol. The number of anilines is 3. The fourth-order valence-electron chi connectivity index (χ4n) is 3.76. The number of rotatable bonds is 7. The van der Waals surface area contributed by atoms with Crippen LogP contribution < -0.4 is 10.2 Å². The third-order valence-electron chi connectivity index (χ3n) is 5.60. The first kappa shape index (κ1) is 22.1. The molecule has 168 valence electrons. The standard InChI is InChI=1S/C21H23ClFN7O2/c1-29(7-6-18(31)32)14-4-8-30(9-5-14)21-24-11-17-19(28-21)20(26-12-25-17)27-13-2-3-16(23)15(22)10-13/h2-3,10-12,14H,4-9H2,1H3,(H,31,32)(H,25,26,27). The molecular weight excluding hydrogens is 437 g/mol. The van der Waals surface area contributed by atoms with Crippen molar-refractivity contribution in [3.05, 3.63) is 41.6 Å². The summed E-state index contributed by atoms with van der Waals surface area (Å²) in [6.07, 6.45) is 4.99. The number of nitrogens with zero attached hydrogens (tertiary/aromatic N) is 6. The van der Waals surface area contributed by atoms with Gasteiger partial charge in [0.1, 0.15) is 23.2 Å². The quantitative estimate of drug-likeness (QED) is 0.550. The van der Waals surface area contributed by atoms with Crippen LogP contribution in [0.25, 0.3) is 11.0 Å². The lowest BCUT2D eigenvalue weighted by Gasteiger charge is -2.36. The van der Waals surface area contributed by atoms with Crippen molar-refractivity contribution in [2.45, 2.75) is 25.3 Å². The van der Waals surface area contributed by atoms with Crippen LogP contribution in [-0.4, -0.2) is 68.6 Å². The average Bonchev–Trinajstić information content (AvgIpc) is 2.80. The molecular formula is C21H23ClFN7O2. The summed E-state index contributed by atoms with van der Waals surface area (Å²) in [4.78, 5) is 32.7. The summed E-state index contributed by atoms with van der Waals surface area (Å²) < 4.78 is 13.5. The van der Waals surface area contributed by atoms with Crippen LogP contribution in [0.1, 0.15) is 19.3 Å². The van der Waals surface area contributed by atoms with E-state index in [2.05, 4.69) is 30.1 Å². The second kappa shape index (κ2) is 9.58. The summed E-state index contributed by atoms with van der Waals surface area (Å²) in [5, 5.41) is 12.0. The zero-order valence-electron chi connectivity index (χ0n) is 17.5. The zero-order valence-corrected chi connectivity index (χ0v) is 18.3. The van der Waals surface area contributed by atoms with Crippen LogP contribution >= 0.6 is 11.6 Å². The van der Waals surface area contributed by atoms with Gasteiger partial charge in [0, 0.05) is 31.4 Å². The molecule has 0 atom stereocenters. The van der Waals surface area contributed by atoms with Crippen LogP contribution in [0.5, 0.6) is 0 Å². The lowest BCUT2D eigenvalue weighted by atomic mass is 10.0. The van der Waals surface area contributed by atoms with Crippen LogP contribution in [0.3, 0.4) is 0 Å². The smallest absolute Gasteiger partial charge is 0.304 e. The van der Waals surface area contributed by atoms with Crippen molar-refractivity contribution in [3.63, 3.8) is 0 Å². The normalized spacial score (nSPS) is 14.8. The van der Waals surface area contributed by atoms with E-state index in [1.165, 1.54) is 18.5 Å². The highest BCUT2D eigenvalue weighted by atomic mass is 35.5. The van der Waals surface area contributed by atoms with Gasteiger partial charge in [0.2, 0.25) is 5.95 Å². The second-order valence-electron chi connectivity index (χ2n) is 7.72. The molecule has 0 radical (unpaired) electrons. The number of carbonyl (C=O) groups is 1. The molecule has 1 aromatic carbocycles. The molecule has 0 spiro atoms. The SMILES string of the molecule is CN(CCC(=O)O)C1CCN(c2ncc3ncnc(Nc4ccc(F)c(Cl)c4)c3n2)CC1. The minimum atomic E-state index is -0.784. The maximum absolute atomic E-state index is 13.5. The molecule has 32 heavy (non-hydrogen) atoms. The van der Waals surface area contributed by atoms with Crippen molar-refractivity contribution in [2.24, 2.45) is 0 Å². The van der Waals surface area contributed by atoms with E-state index < -0.39 is 11.8 Å². The number of aromatic nitrogens is 4. The summed E-state index contributed by atoms with van der Waals surface area (Å²) in [6, 6.07) is 4.67. The molecule has 0 saturated carbocycles. The highest BCUT2D eigenvalue weighted by Gasteiger charge is 2.24. The van der Waals surface area contributed by atoms with Crippen molar-refractivity contribution in [3.8, 4) is 0 Å². The topological polar surface area (TPSA) is 107 Å². The maximum atomic E-state index is 13.5. The fraction of sp³-hybridized carbons (Fsp3) is 0.381. The Bertz CT molecular complexity index is 1120. The van der Waals surface area contributed by atoms with Gasteiger partial charge in [0.05, 0.1) is 17.6 Å². The van der Waals surface area contributed by atoms with Gasteiger partial charge in [-0.1, -0.05) is 11.6 Å². The summed E-state index contributed by atoms with van der Waals surface area (Å²) >= 11 is 5.88. The number of benzene rings is 1. The molecule has 0 bridgehead atoms. The lowest BCUT2D eigenvalue weighted by Crippen LogP contribution is -2.44. The van der Waals surface area contributed by atoms with E-state index in [0.717, 1.165) is 25.9 Å². The molecule has 1 saturated heterocycles. The minimum Gasteiger partial charge on any atom is -0.481 e. The Morgan fingerprint density at radius 3 is 2.81 bits per heavy atom. The van der Waals surface area contributed by atoms with E-state index in [0.29, 0.717) is 41.1 Å². The summed E-state index contributed by atoms with van der Waals surface area (Å²) in [5.41, 5.74) is 1.73. The number of halogens is 2. The third kappa shape index (κ3) is 5.03. The number of fused-ring (bicyclic) bond motifs is 1. The Morgan fingerprint density at radius 1 is 1.31 bits per heavy atom. The van der Waals surface area contributed by atoms with Crippen molar-refractivity contribution in [2.75, 3.05) is 36.9 Å². The molecule has 2 aromatic heterocycles. The molecule has 0 unspecified atom stereocenters. The lowest BCUT2D eigenvalue weighted by molar-refractivity contribution is -0.137. The third-order valence-corrected chi connectivity index (χ3v) is 5.89. The molecule has 2 N–H and O–H groups in total. The Kier molecular flexibility index (Phi) is 6.61. The van der Waals surface area contributed by atoms with Crippen molar-refractivity contribution >= 4 is 46.1 Å². The molecule has 3 heterocycles. The van der Waals surface area contributed by atoms with Gasteiger partial charge in [-0.05, 0) is 38.1 Å². The van der Waals surface area contributed by atoms with Gasteiger partial charge < -0.3 is 20.2 Å². The van der Waals surface area contributed by atoms with E-state index in [1.807, 2.05) is 7.05 Å². The van der Waals surface area contributed by atoms with E-state index in [1.54, 1.807) is 12.3 Å². The van der Waals surface area contributed by atoms with Crippen LogP contribution in [0, 0.1) is 5.82 Å². The second-order valence-corrected chi connectivity index (χ2v) is 8.13. The fourth-order valence-corrected chi connectivity index (χ4v) is 3.94. The maximum Gasteiger partial charge on any atom is 0.304 e. The van der Waals surface area contributed by atoms with E-state index >= 15 is 0 Å².